The molecule has 0 fully saturated rings. The minimum atomic E-state index is -0.747. The number of carbonyl (C=O) groups excluding carboxylic acids is 1. The van der Waals surface area contributed by atoms with E-state index < -0.39 is 11.6 Å². The largest absolute Gasteiger partial charge is 0.492 e. The summed E-state index contributed by atoms with van der Waals surface area (Å²) in [5, 5.41) is 10.0. The minimum absolute atomic E-state index is 0.0459. The van der Waals surface area contributed by atoms with Gasteiger partial charge in [-0.15, -0.1) is 11.3 Å². The van der Waals surface area contributed by atoms with Crippen LogP contribution in [-0.4, -0.2) is 27.0 Å². The van der Waals surface area contributed by atoms with Gasteiger partial charge in [0.1, 0.15) is 27.5 Å². The van der Waals surface area contributed by atoms with E-state index in [2.05, 4.69) is 16.0 Å². The van der Waals surface area contributed by atoms with Gasteiger partial charge in [0.15, 0.2) is 0 Å². The first-order valence-electron chi connectivity index (χ1n) is 8.84. The van der Waals surface area contributed by atoms with Crippen LogP contribution in [-0.2, 0) is 0 Å². The Labute approximate surface area is 171 Å². The van der Waals surface area contributed by atoms with E-state index >= 15 is 0 Å². The number of aromatic nitrogens is 3. The van der Waals surface area contributed by atoms with Crippen LogP contribution < -0.4 is 16.2 Å². The van der Waals surface area contributed by atoms with Crippen molar-refractivity contribution < 1.29 is 9.53 Å². The topological polar surface area (TPSA) is 124 Å². The molecule has 9 heteroatoms. The number of carbonyl (C=O) groups is 1. The predicted molar refractivity (Wildman–Crippen MR) is 110 cm³/mol. The maximum atomic E-state index is 12.8. The number of anilines is 1. The van der Waals surface area contributed by atoms with Gasteiger partial charge in [0.25, 0.3) is 5.91 Å². The molecule has 0 aliphatic carbocycles. The Morgan fingerprint density at radius 2 is 2.10 bits per heavy atom. The number of nitrogen functional groups attached to an aromatic ring is 1. The standard InChI is InChI=1S/C20H19N5O3S/c1-11(2)10-28-15-5-4-13(8-14(15)9-21)18-23-12(3)17(29-18)19(26)25-7-6-16(22)24-20(25)27/h4-8,11H,10H2,1-3H3,(H2,22,24,27). The van der Waals surface area contributed by atoms with Crippen molar-refractivity contribution in [1.82, 2.24) is 14.5 Å². The number of nitriles is 1. The van der Waals surface area contributed by atoms with Crippen molar-refractivity contribution in [3.63, 3.8) is 0 Å². The summed E-state index contributed by atoms with van der Waals surface area (Å²) in [6.07, 6.45) is 1.29. The van der Waals surface area contributed by atoms with Gasteiger partial charge in [-0.25, -0.2) is 14.3 Å². The lowest BCUT2D eigenvalue weighted by molar-refractivity contribution is 0.0957. The summed E-state index contributed by atoms with van der Waals surface area (Å²) in [6, 6.07) is 8.71. The van der Waals surface area contributed by atoms with Crippen molar-refractivity contribution in [3.8, 4) is 22.4 Å². The number of nitrogens with zero attached hydrogens (tertiary/aromatic N) is 4. The molecule has 0 spiro atoms. The van der Waals surface area contributed by atoms with Gasteiger partial charge in [0.05, 0.1) is 17.9 Å². The lowest BCUT2D eigenvalue weighted by atomic mass is 10.1. The van der Waals surface area contributed by atoms with E-state index in [0.29, 0.717) is 45.0 Å². The van der Waals surface area contributed by atoms with Crippen LogP contribution >= 0.6 is 11.3 Å². The second-order valence-corrected chi connectivity index (χ2v) is 7.77. The molecule has 2 aromatic heterocycles. The fourth-order valence-electron chi connectivity index (χ4n) is 2.53. The SMILES string of the molecule is Cc1nc(-c2ccc(OCC(C)C)c(C#N)c2)sc1C(=O)n1ccc(N)nc1=O. The number of hydrogen-bond donors (Lipinski definition) is 1. The van der Waals surface area contributed by atoms with Crippen molar-refractivity contribution in [2.75, 3.05) is 12.3 Å². The average Bonchev–Trinajstić information content (AvgIpc) is 3.07. The Balaban J connectivity index is 1.95. The van der Waals surface area contributed by atoms with E-state index in [0.717, 1.165) is 15.9 Å². The summed E-state index contributed by atoms with van der Waals surface area (Å²) < 4.78 is 6.57. The van der Waals surface area contributed by atoms with Crippen LogP contribution in [0, 0.1) is 24.2 Å². The summed E-state index contributed by atoms with van der Waals surface area (Å²) in [7, 11) is 0. The lowest BCUT2D eigenvalue weighted by Crippen LogP contribution is -2.29. The molecule has 0 aliphatic rings. The molecule has 1 aromatic carbocycles. The third-order valence-corrected chi connectivity index (χ3v) is 5.15. The summed E-state index contributed by atoms with van der Waals surface area (Å²) in [5.41, 5.74) is 6.29. The fraction of sp³-hybridized carbons (Fsp3) is 0.250. The molecule has 0 amide bonds. The second kappa shape index (κ2) is 8.24. The summed E-state index contributed by atoms with van der Waals surface area (Å²) in [6.45, 7) is 6.25. The Bertz CT molecular complexity index is 1170. The highest BCUT2D eigenvalue weighted by Crippen LogP contribution is 2.31. The first kappa shape index (κ1) is 20.2. The van der Waals surface area contributed by atoms with E-state index in [4.69, 9.17) is 10.5 Å². The van der Waals surface area contributed by atoms with Gasteiger partial charge in [0, 0.05) is 11.8 Å². The number of hydrogen-bond acceptors (Lipinski definition) is 8. The van der Waals surface area contributed by atoms with Crippen LogP contribution in [0.1, 0.15) is 34.8 Å². The highest BCUT2D eigenvalue weighted by atomic mass is 32.1. The highest BCUT2D eigenvalue weighted by Gasteiger charge is 2.20. The molecule has 2 heterocycles. The maximum absolute atomic E-state index is 12.8. The number of benzene rings is 1. The zero-order valence-corrected chi connectivity index (χ0v) is 17.0. The third kappa shape index (κ3) is 4.33. The second-order valence-electron chi connectivity index (χ2n) is 6.77. The smallest absolute Gasteiger partial charge is 0.356 e. The quantitative estimate of drug-likeness (QED) is 0.687. The molecule has 3 aromatic rings. The Hall–Kier alpha value is -3.51. The van der Waals surface area contributed by atoms with Gasteiger partial charge in [-0.2, -0.15) is 10.2 Å². The molecule has 2 N–H and O–H groups in total. The summed E-state index contributed by atoms with van der Waals surface area (Å²) in [4.78, 5) is 33.0. The summed E-state index contributed by atoms with van der Waals surface area (Å²) >= 11 is 1.14. The Morgan fingerprint density at radius 1 is 1.34 bits per heavy atom. The minimum Gasteiger partial charge on any atom is -0.492 e. The Kier molecular flexibility index (Phi) is 5.75. The van der Waals surface area contributed by atoms with Crippen LogP contribution in [0.15, 0.2) is 35.3 Å². The van der Waals surface area contributed by atoms with Gasteiger partial charge < -0.3 is 10.5 Å². The monoisotopic (exact) mass is 409 g/mol. The molecule has 0 atom stereocenters. The van der Waals surface area contributed by atoms with E-state index in [1.54, 1.807) is 25.1 Å². The van der Waals surface area contributed by atoms with Gasteiger partial charge >= 0.3 is 5.69 Å². The average molecular weight is 409 g/mol. The number of aryl methyl sites for hydroxylation is 1. The van der Waals surface area contributed by atoms with Crippen LogP contribution in [0.4, 0.5) is 5.82 Å². The van der Waals surface area contributed by atoms with Gasteiger partial charge in [-0.3, -0.25) is 4.79 Å². The Morgan fingerprint density at radius 3 is 2.76 bits per heavy atom. The molecule has 8 nitrogen and oxygen atoms in total. The maximum Gasteiger partial charge on any atom is 0.356 e. The highest BCUT2D eigenvalue weighted by molar-refractivity contribution is 7.17. The van der Waals surface area contributed by atoms with Crippen molar-refractivity contribution in [2.45, 2.75) is 20.8 Å². The summed E-state index contributed by atoms with van der Waals surface area (Å²) in [5.74, 6) is 0.363. The molecule has 0 radical (unpaired) electrons. The van der Waals surface area contributed by atoms with E-state index in [-0.39, 0.29) is 5.82 Å². The van der Waals surface area contributed by atoms with Crippen molar-refractivity contribution in [1.29, 1.82) is 5.26 Å². The van der Waals surface area contributed by atoms with E-state index in [1.807, 2.05) is 13.8 Å². The molecule has 0 saturated heterocycles. The number of rotatable bonds is 5. The van der Waals surface area contributed by atoms with Crippen molar-refractivity contribution in [3.05, 3.63) is 57.1 Å². The first-order chi connectivity index (χ1) is 13.8. The van der Waals surface area contributed by atoms with Gasteiger partial charge in [-0.1, -0.05) is 13.8 Å². The van der Waals surface area contributed by atoms with Crippen molar-refractivity contribution >= 4 is 23.1 Å². The van der Waals surface area contributed by atoms with E-state index in [1.165, 1.54) is 12.3 Å². The van der Waals surface area contributed by atoms with Crippen LogP contribution in [0.3, 0.4) is 0 Å². The molecule has 0 aliphatic heterocycles. The number of nitrogens with two attached hydrogens (primary N) is 1. The number of thiazole rings is 1. The first-order valence-corrected chi connectivity index (χ1v) is 9.66. The van der Waals surface area contributed by atoms with Gasteiger partial charge in [0.2, 0.25) is 0 Å². The van der Waals surface area contributed by atoms with E-state index in [9.17, 15) is 14.9 Å². The molecular formula is C20H19N5O3S. The van der Waals surface area contributed by atoms with Crippen molar-refractivity contribution in [2.24, 2.45) is 5.92 Å². The number of ether oxygens (including phenoxy) is 1. The zero-order chi connectivity index (χ0) is 21.1. The molecular weight excluding hydrogens is 390 g/mol. The van der Waals surface area contributed by atoms with Gasteiger partial charge in [-0.05, 0) is 37.1 Å². The fourth-order valence-corrected chi connectivity index (χ4v) is 3.53. The molecule has 0 unspecified atom stereocenters. The predicted octanol–water partition coefficient (Wildman–Crippen LogP) is 2.85. The molecule has 0 saturated carbocycles. The molecule has 3 rings (SSSR count). The van der Waals surface area contributed by atoms with Crippen LogP contribution in [0.5, 0.6) is 5.75 Å². The lowest BCUT2D eigenvalue weighted by Gasteiger charge is -2.10. The molecule has 0 bridgehead atoms. The van der Waals surface area contributed by atoms with Crippen LogP contribution in [0.25, 0.3) is 10.6 Å². The third-order valence-electron chi connectivity index (χ3n) is 3.95. The normalized spacial score (nSPS) is 10.7. The van der Waals surface area contributed by atoms with Crippen LogP contribution in [0.2, 0.25) is 0 Å². The zero-order valence-electron chi connectivity index (χ0n) is 16.2. The molecule has 148 valence electrons. The molecule has 29 heavy (non-hydrogen) atoms.